The average Bonchev–Trinajstić information content (AvgIpc) is 2.99. The van der Waals surface area contributed by atoms with E-state index in [1.807, 2.05) is 31.2 Å². The maximum absolute atomic E-state index is 12.1. The summed E-state index contributed by atoms with van der Waals surface area (Å²) in [7, 11) is 0. The molecule has 4 heteroatoms. The third-order valence-corrected chi connectivity index (χ3v) is 4.66. The van der Waals surface area contributed by atoms with Crippen molar-refractivity contribution in [1.82, 2.24) is 4.57 Å². The van der Waals surface area contributed by atoms with Gasteiger partial charge in [0.25, 0.3) is 0 Å². The number of aromatic nitrogens is 1. The Balaban J connectivity index is 2.13. The van der Waals surface area contributed by atoms with Gasteiger partial charge in [-0.1, -0.05) is 28.1 Å². The van der Waals surface area contributed by atoms with Crippen LogP contribution in [0.25, 0.3) is 16.9 Å². The zero-order valence-corrected chi connectivity index (χ0v) is 16.1. The van der Waals surface area contributed by atoms with E-state index in [1.165, 1.54) is 5.56 Å². The molecule has 1 aromatic heterocycles. The summed E-state index contributed by atoms with van der Waals surface area (Å²) >= 11 is 3.56. The summed E-state index contributed by atoms with van der Waals surface area (Å²) in [6.45, 7) is 6.34. The van der Waals surface area contributed by atoms with Crippen LogP contribution in [0.3, 0.4) is 0 Å². The van der Waals surface area contributed by atoms with Crippen LogP contribution in [-0.4, -0.2) is 17.1 Å². The maximum Gasteiger partial charge on any atom is 0.338 e. The van der Waals surface area contributed by atoms with Crippen molar-refractivity contribution in [3.63, 3.8) is 0 Å². The van der Waals surface area contributed by atoms with Gasteiger partial charge in [0.2, 0.25) is 0 Å². The summed E-state index contributed by atoms with van der Waals surface area (Å²) in [5.74, 6) is -0.297. The highest BCUT2D eigenvalue weighted by atomic mass is 79.9. The van der Waals surface area contributed by atoms with E-state index in [0.29, 0.717) is 12.2 Å². The molecule has 0 amide bonds. The maximum atomic E-state index is 12.1. The van der Waals surface area contributed by atoms with Crippen LogP contribution in [0.5, 0.6) is 0 Å². The van der Waals surface area contributed by atoms with Gasteiger partial charge in [-0.2, -0.15) is 0 Å². The van der Waals surface area contributed by atoms with Crippen LogP contribution in [0.2, 0.25) is 0 Å². The molecule has 3 aromatic rings. The number of aryl methyl sites for hydroxylation is 2. The zero-order chi connectivity index (χ0) is 18.0. The van der Waals surface area contributed by atoms with Gasteiger partial charge in [-0.15, -0.1) is 0 Å². The molecule has 1 heterocycles. The van der Waals surface area contributed by atoms with E-state index in [-0.39, 0.29) is 5.97 Å². The second-order valence-electron chi connectivity index (χ2n) is 5.93. The van der Waals surface area contributed by atoms with Gasteiger partial charge in [0.1, 0.15) is 0 Å². The number of hydrogen-bond acceptors (Lipinski definition) is 2. The fourth-order valence-corrected chi connectivity index (χ4v) is 3.31. The van der Waals surface area contributed by atoms with Crippen LogP contribution in [0, 0.1) is 13.8 Å². The van der Waals surface area contributed by atoms with E-state index in [4.69, 9.17) is 4.74 Å². The van der Waals surface area contributed by atoms with Crippen LogP contribution in [0.1, 0.15) is 28.5 Å². The second kappa shape index (κ2) is 7.28. The molecule has 0 bridgehead atoms. The minimum atomic E-state index is -0.297. The number of rotatable bonds is 4. The summed E-state index contributed by atoms with van der Waals surface area (Å²) in [5, 5.41) is 0. The Morgan fingerprint density at radius 2 is 1.88 bits per heavy atom. The van der Waals surface area contributed by atoms with Crippen molar-refractivity contribution in [3.05, 3.63) is 75.9 Å². The van der Waals surface area contributed by atoms with E-state index in [0.717, 1.165) is 27.1 Å². The lowest BCUT2D eigenvalue weighted by Gasteiger charge is -2.15. The molecule has 3 rings (SSSR count). The lowest BCUT2D eigenvalue weighted by molar-refractivity contribution is 0.0526. The molecule has 0 saturated heterocycles. The summed E-state index contributed by atoms with van der Waals surface area (Å²) < 4.78 is 8.33. The van der Waals surface area contributed by atoms with Gasteiger partial charge in [0.05, 0.1) is 17.9 Å². The first kappa shape index (κ1) is 17.5. The quantitative estimate of drug-likeness (QED) is 0.528. The van der Waals surface area contributed by atoms with E-state index in [9.17, 15) is 4.79 Å². The van der Waals surface area contributed by atoms with Gasteiger partial charge in [0.15, 0.2) is 0 Å². The fourth-order valence-electron chi connectivity index (χ4n) is 2.95. The molecular formula is C21H20BrNO2. The molecule has 0 spiro atoms. The Morgan fingerprint density at radius 1 is 1.08 bits per heavy atom. The molecule has 2 aromatic carbocycles. The zero-order valence-electron chi connectivity index (χ0n) is 14.5. The summed E-state index contributed by atoms with van der Waals surface area (Å²) in [6.07, 6.45) is 0. The van der Waals surface area contributed by atoms with Crippen molar-refractivity contribution < 1.29 is 9.53 Å². The predicted octanol–water partition coefficient (Wildman–Crippen LogP) is 5.70. The number of hydrogen-bond donors (Lipinski definition) is 0. The number of nitrogens with zero attached hydrogens (tertiary/aromatic N) is 1. The molecule has 0 fully saturated rings. The highest BCUT2D eigenvalue weighted by Gasteiger charge is 2.14. The fraction of sp³-hybridized carbons (Fsp3) is 0.190. The van der Waals surface area contributed by atoms with Crippen LogP contribution < -0.4 is 0 Å². The van der Waals surface area contributed by atoms with Gasteiger partial charge < -0.3 is 9.30 Å². The van der Waals surface area contributed by atoms with Crippen LogP contribution in [0.15, 0.2) is 59.1 Å². The normalized spacial score (nSPS) is 10.7. The molecule has 0 aliphatic heterocycles. The Morgan fingerprint density at radius 3 is 2.64 bits per heavy atom. The summed E-state index contributed by atoms with van der Waals surface area (Å²) in [6, 6.07) is 18.0. The smallest absolute Gasteiger partial charge is 0.338 e. The number of ether oxygens (including phenoxy) is 1. The van der Waals surface area contributed by atoms with Gasteiger partial charge in [-0.25, -0.2) is 4.79 Å². The van der Waals surface area contributed by atoms with E-state index in [2.05, 4.69) is 58.6 Å². The van der Waals surface area contributed by atoms with Crippen molar-refractivity contribution in [3.8, 4) is 16.9 Å². The average molecular weight is 398 g/mol. The molecule has 0 N–H and O–H groups in total. The first-order valence-electron chi connectivity index (χ1n) is 8.23. The third kappa shape index (κ3) is 3.54. The van der Waals surface area contributed by atoms with E-state index in [1.54, 1.807) is 6.07 Å². The third-order valence-electron chi connectivity index (χ3n) is 4.17. The van der Waals surface area contributed by atoms with Crippen molar-refractivity contribution in [2.45, 2.75) is 20.8 Å². The molecule has 0 unspecified atom stereocenters. The summed E-state index contributed by atoms with van der Waals surface area (Å²) in [5.41, 5.74) is 6.06. The number of esters is 1. The predicted molar refractivity (Wildman–Crippen MR) is 104 cm³/mol. The minimum Gasteiger partial charge on any atom is -0.462 e. The standard InChI is InChI=1S/C21H20BrNO2/c1-4-25-21(24)16-6-5-7-18(12-16)23-15(3)9-11-20(23)19-13-17(22)10-8-14(19)2/h5-13H,4H2,1-3H3. The number of carbonyl (C=O) groups excluding carboxylic acids is 1. The molecule has 0 saturated carbocycles. The van der Waals surface area contributed by atoms with Gasteiger partial charge in [-0.05, 0) is 68.8 Å². The van der Waals surface area contributed by atoms with Gasteiger partial charge >= 0.3 is 5.97 Å². The Bertz CT molecular complexity index is 927. The SMILES string of the molecule is CCOC(=O)c1cccc(-n2c(C)ccc2-c2cc(Br)ccc2C)c1. The minimum absolute atomic E-state index is 0.297. The summed E-state index contributed by atoms with van der Waals surface area (Å²) in [4.78, 5) is 12.1. The highest BCUT2D eigenvalue weighted by molar-refractivity contribution is 9.10. The van der Waals surface area contributed by atoms with Crippen molar-refractivity contribution in [2.75, 3.05) is 6.61 Å². The van der Waals surface area contributed by atoms with Gasteiger partial charge in [0, 0.05) is 21.4 Å². The highest BCUT2D eigenvalue weighted by Crippen LogP contribution is 2.31. The number of halogens is 1. The first-order chi connectivity index (χ1) is 12.0. The Labute approximate surface area is 156 Å². The van der Waals surface area contributed by atoms with Crippen LogP contribution in [0.4, 0.5) is 0 Å². The molecule has 0 aliphatic rings. The van der Waals surface area contributed by atoms with Crippen LogP contribution >= 0.6 is 15.9 Å². The van der Waals surface area contributed by atoms with Gasteiger partial charge in [-0.3, -0.25) is 0 Å². The first-order valence-corrected chi connectivity index (χ1v) is 9.03. The lowest BCUT2D eigenvalue weighted by Crippen LogP contribution is -2.06. The molecule has 0 radical (unpaired) electrons. The molecular weight excluding hydrogens is 378 g/mol. The van der Waals surface area contributed by atoms with E-state index >= 15 is 0 Å². The van der Waals surface area contributed by atoms with Crippen molar-refractivity contribution in [1.29, 1.82) is 0 Å². The van der Waals surface area contributed by atoms with Crippen molar-refractivity contribution >= 4 is 21.9 Å². The Hall–Kier alpha value is -2.33. The topological polar surface area (TPSA) is 31.2 Å². The molecule has 25 heavy (non-hydrogen) atoms. The van der Waals surface area contributed by atoms with Crippen molar-refractivity contribution in [2.24, 2.45) is 0 Å². The molecule has 128 valence electrons. The lowest BCUT2D eigenvalue weighted by atomic mass is 10.1. The largest absolute Gasteiger partial charge is 0.462 e. The molecule has 0 atom stereocenters. The second-order valence-corrected chi connectivity index (χ2v) is 6.84. The van der Waals surface area contributed by atoms with Crippen LogP contribution in [-0.2, 0) is 4.74 Å². The van der Waals surface area contributed by atoms with E-state index < -0.39 is 0 Å². The number of carbonyl (C=O) groups is 1. The Kier molecular flexibility index (Phi) is 5.09. The number of benzene rings is 2. The molecule has 3 nitrogen and oxygen atoms in total. The molecule has 0 aliphatic carbocycles. The monoisotopic (exact) mass is 397 g/mol.